The summed E-state index contributed by atoms with van der Waals surface area (Å²) in [5.74, 6) is 2.24. The van der Waals surface area contributed by atoms with Gasteiger partial charge >= 0.3 is 0 Å². The maximum Gasteiger partial charge on any atom is 0.238 e. The van der Waals surface area contributed by atoms with E-state index in [0.717, 1.165) is 55.1 Å². The van der Waals surface area contributed by atoms with E-state index in [1.807, 2.05) is 54.6 Å². The summed E-state index contributed by atoms with van der Waals surface area (Å²) in [5, 5.41) is 2.28. The zero-order valence-electron chi connectivity index (χ0n) is 27.9. The van der Waals surface area contributed by atoms with Crippen LogP contribution in [-0.2, 0) is 0 Å². The number of nitrogens with zero attached hydrogens (tertiary/aromatic N) is 5. The molecule has 0 aliphatic heterocycles. The molecule has 0 radical (unpaired) electrons. The molecule has 0 spiro atoms. The Morgan fingerprint density at radius 3 is 1.52 bits per heavy atom. The monoisotopic (exact) mass is 667 g/mol. The molecule has 0 unspecified atom stereocenters. The zero-order chi connectivity index (χ0) is 34.4. The molecule has 10 rings (SSSR count). The second-order valence-corrected chi connectivity index (χ2v) is 12.7. The Bertz CT molecular complexity index is 2860. The molecule has 0 saturated carbocycles. The van der Waals surface area contributed by atoms with Gasteiger partial charge in [0.2, 0.25) is 11.8 Å². The lowest BCUT2D eigenvalue weighted by molar-refractivity contribution is 0.620. The highest BCUT2D eigenvalue weighted by atomic mass is 16.3. The van der Waals surface area contributed by atoms with E-state index in [1.165, 1.54) is 11.1 Å². The Kier molecular flexibility index (Phi) is 7.03. The average molecular weight is 668 g/mol. The average Bonchev–Trinajstić information content (AvgIpc) is 3.81. The van der Waals surface area contributed by atoms with Gasteiger partial charge < -0.3 is 4.42 Å². The molecule has 7 aromatic carbocycles. The summed E-state index contributed by atoms with van der Waals surface area (Å²) in [5.41, 5.74) is 10.7. The lowest BCUT2D eigenvalue weighted by Gasteiger charge is -2.12. The second-order valence-electron chi connectivity index (χ2n) is 12.7. The fourth-order valence-corrected chi connectivity index (χ4v) is 6.98. The summed E-state index contributed by atoms with van der Waals surface area (Å²) in [7, 11) is 0. The number of benzene rings is 7. The number of hydrogen-bond donors (Lipinski definition) is 0. The van der Waals surface area contributed by atoms with Gasteiger partial charge in [-0.05, 0) is 76.9 Å². The third-order valence-corrected chi connectivity index (χ3v) is 9.49. The standard InChI is InChI=1S/C46H29N5O/c1-3-13-30(14-4-1)32-17-11-18-33(27-32)34-19-12-20-35(28-34)43-48-44(36-25-26-42-39(29-36)47-45(52-42)31-15-5-2-6-16-31)50-46(49-43)51-40-23-9-7-21-37(40)38-22-8-10-24-41(38)51/h1-29H. The Hall–Kier alpha value is -7.18. The molecule has 52 heavy (non-hydrogen) atoms. The van der Waals surface area contributed by atoms with Gasteiger partial charge in [0.15, 0.2) is 17.2 Å². The molecular formula is C46H29N5O. The van der Waals surface area contributed by atoms with Crippen LogP contribution in [0.15, 0.2) is 180 Å². The quantitative estimate of drug-likeness (QED) is 0.176. The minimum absolute atomic E-state index is 0.541. The van der Waals surface area contributed by atoms with Gasteiger partial charge in [0, 0.05) is 27.5 Å². The van der Waals surface area contributed by atoms with Crippen LogP contribution in [0.25, 0.3) is 95.3 Å². The summed E-state index contributed by atoms with van der Waals surface area (Å²) in [6.45, 7) is 0. The van der Waals surface area contributed by atoms with E-state index in [-0.39, 0.29) is 0 Å². The summed E-state index contributed by atoms with van der Waals surface area (Å²) in [6, 6.07) is 60.1. The van der Waals surface area contributed by atoms with E-state index < -0.39 is 0 Å². The van der Waals surface area contributed by atoms with Crippen LogP contribution in [0, 0.1) is 0 Å². The third kappa shape index (κ3) is 5.22. The number of oxazole rings is 1. The fraction of sp³-hybridized carbons (Fsp3) is 0. The molecule has 244 valence electrons. The summed E-state index contributed by atoms with van der Waals surface area (Å²) >= 11 is 0. The lowest BCUT2D eigenvalue weighted by atomic mass is 9.98. The maximum atomic E-state index is 6.14. The highest BCUT2D eigenvalue weighted by Crippen LogP contribution is 2.34. The van der Waals surface area contributed by atoms with Gasteiger partial charge in [-0.1, -0.05) is 121 Å². The van der Waals surface area contributed by atoms with Crippen LogP contribution in [0.3, 0.4) is 0 Å². The van der Waals surface area contributed by atoms with Crippen molar-refractivity contribution in [3.05, 3.63) is 176 Å². The Labute approximate surface area is 299 Å². The molecule has 0 saturated heterocycles. The van der Waals surface area contributed by atoms with Crippen LogP contribution in [0.2, 0.25) is 0 Å². The van der Waals surface area contributed by atoms with E-state index in [1.54, 1.807) is 0 Å². The van der Waals surface area contributed by atoms with E-state index in [4.69, 9.17) is 24.4 Å². The van der Waals surface area contributed by atoms with Crippen molar-refractivity contribution in [2.45, 2.75) is 0 Å². The fourth-order valence-electron chi connectivity index (χ4n) is 6.98. The van der Waals surface area contributed by atoms with Crippen LogP contribution >= 0.6 is 0 Å². The van der Waals surface area contributed by atoms with Gasteiger partial charge in [0.05, 0.1) is 11.0 Å². The van der Waals surface area contributed by atoms with Crippen LogP contribution < -0.4 is 0 Å². The minimum Gasteiger partial charge on any atom is -0.436 e. The molecule has 6 nitrogen and oxygen atoms in total. The van der Waals surface area contributed by atoms with Gasteiger partial charge in [-0.25, -0.2) is 9.97 Å². The molecular weight excluding hydrogens is 639 g/mol. The number of aromatic nitrogens is 5. The molecule has 10 aromatic rings. The molecule has 0 aliphatic rings. The summed E-state index contributed by atoms with van der Waals surface area (Å²) in [6.07, 6.45) is 0. The maximum absolute atomic E-state index is 6.14. The first-order chi connectivity index (χ1) is 25.7. The molecule has 3 aromatic heterocycles. The molecule has 0 atom stereocenters. The van der Waals surface area contributed by atoms with Crippen molar-refractivity contribution in [2.75, 3.05) is 0 Å². The third-order valence-electron chi connectivity index (χ3n) is 9.49. The van der Waals surface area contributed by atoms with Gasteiger partial charge in [-0.3, -0.25) is 4.57 Å². The molecule has 3 heterocycles. The number of fused-ring (bicyclic) bond motifs is 4. The first-order valence-corrected chi connectivity index (χ1v) is 17.2. The van der Waals surface area contributed by atoms with E-state index >= 15 is 0 Å². The second kappa shape index (κ2) is 12.3. The Morgan fingerprint density at radius 1 is 0.365 bits per heavy atom. The van der Waals surface area contributed by atoms with Crippen molar-refractivity contribution in [3.63, 3.8) is 0 Å². The van der Waals surface area contributed by atoms with Crippen molar-refractivity contribution < 1.29 is 4.42 Å². The topological polar surface area (TPSA) is 69.6 Å². The molecule has 0 aliphatic carbocycles. The Morgan fingerprint density at radius 2 is 0.865 bits per heavy atom. The molecule has 6 heteroatoms. The predicted molar refractivity (Wildman–Crippen MR) is 209 cm³/mol. The number of para-hydroxylation sites is 2. The molecule has 0 fully saturated rings. The van der Waals surface area contributed by atoms with Crippen LogP contribution in [0.1, 0.15) is 0 Å². The molecule has 0 N–H and O–H groups in total. The zero-order valence-corrected chi connectivity index (χ0v) is 27.9. The van der Waals surface area contributed by atoms with Crippen LogP contribution in [-0.4, -0.2) is 24.5 Å². The van der Waals surface area contributed by atoms with E-state index in [2.05, 4.69) is 126 Å². The van der Waals surface area contributed by atoms with Crippen molar-refractivity contribution >= 4 is 32.9 Å². The molecule has 0 amide bonds. The lowest BCUT2D eigenvalue weighted by Crippen LogP contribution is -2.06. The largest absolute Gasteiger partial charge is 0.436 e. The summed E-state index contributed by atoms with van der Waals surface area (Å²) < 4.78 is 8.27. The van der Waals surface area contributed by atoms with Crippen LogP contribution in [0.5, 0.6) is 0 Å². The van der Waals surface area contributed by atoms with Gasteiger partial charge in [-0.2, -0.15) is 9.97 Å². The SMILES string of the molecule is c1ccc(-c2cccc(-c3cccc(-c4nc(-c5ccc6oc(-c7ccccc7)nc6c5)nc(-n5c6ccccc6c6ccccc65)n4)c3)c2)cc1. The smallest absolute Gasteiger partial charge is 0.238 e. The highest BCUT2D eigenvalue weighted by molar-refractivity contribution is 6.09. The Balaban J connectivity index is 1.15. The van der Waals surface area contributed by atoms with Gasteiger partial charge in [0.1, 0.15) is 5.52 Å². The predicted octanol–water partition coefficient (Wildman–Crippen LogP) is 11.4. The minimum atomic E-state index is 0.541. The van der Waals surface area contributed by atoms with Crippen LogP contribution in [0.4, 0.5) is 0 Å². The number of rotatable bonds is 6. The normalized spacial score (nSPS) is 11.5. The van der Waals surface area contributed by atoms with Crippen molar-refractivity contribution in [2.24, 2.45) is 0 Å². The number of hydrogen-bond acceptors (Lipinski definition) is 5. The first kappa shape index (κ1) is 29.7. The molecule has 0 bridgehead atoms. The first-order valence-electron chi connectivity index (χ1n) is 17.2. The van der Waals surface area contributed by atoms with Crippen molar-refractivity contribution in [3.8, 4) is 62.4 Å². The van der Waals surface area contributed by atoms with Crippen molar-refractivity contribution in [1.82, 2.24) is 24.5 Å². The van der Waals surface area contributed by atoms with Crippen molar-refractivity contribution in [1.29, 1.82) is 0 Å². The van der Waals surface area contributed by atoms with E-state index in [9.17, 15) is 0 Å². The van der Waals surface area contributed by atoms with Gasteiger partial charge in [-0.15, -0.1) is 0 Å². The highest BCUT2D eigenvalue weighted by Gasteiger charge is 2.19. The summed E-state index contributed by atoms with van der Waals surface area (Å²) in [4.78, 5) is 20.3. The van der Waals surface area contributed by atoms with Gasteiger partial charge in [0.25, 0.3) is 0 Å². The van der Waals surface area contributed by atoms with E-state index in [0.29, 0.717) is 29.1 Å².